The summed E-state index contributed by atoms with van der Waals surface area (Å²) in [7, 11) is -3.51. The molecule has 1 unspecified atom stereocenters. The summed E-state index contributed by atoms with van der Waals surface area (Å²) in [6, 6.07) is 1.44. The van der Waals surface area contributed by atoms with Crippen LogP contribution < -0.4 is 0 Å². The highest BCUT2D eigenvalue weighted by Crippen LogP contribution is 2.28. The molecule has 5 nitrogen and oxygen atoms in total. The van der Waals surface area contributed by atoms with E-state index in [-0.39, 0.29) is 11.5 Å². The molecule has 0 radical (unpaired) electrons. The number of sulfonamides is 1. The van der Waals surface area contributed by atoms with Crippen LogP contribution in [0.25, 0.3) is 0 Å². The molecule has 1 atom stereocenters. The number of aliphatic hydroxyl groups is 1. The minimum absolute atomic E-state index is 0.191. The molecule has 20 heavy (non-hydrogen) atoms. The molecule has 0 bridgehead atoms. The normalized spacial score (nSPS) is 21.9. The van der Waals surface area contributed by atoms with Crippen molar-refractivity contribution in [2.75, 3.05) is 13.1 Å². The zero-order valence-corrected chi connectivity index (χ0v) is 12.9. The third-order valence-corrected chi connectivity index (χ3v) is 6.09. The van der Waals surface area contributed by atoms with Gasteiger partial charge in [-0.3, -0.25) is 0 Å². The average Bonchev–Trinajstić information content (AvgIpc) is 2.66. The second-order valence-electron chi connectivity index (χ2n) is 5.40. The first-order chi connectivity index (χ1) is 9.48. The summed E-state index contributed by atoms with van der Waals surface area (Å²) in [6.07, 6.45) is 4.02. The molecule has 1 N–H and O–H groups in total. The van der Waals surface area contributed by atoms with E-state index in [1.54, 1.807) is 11.2 Å². The summed E-state index contributed by atoms with van der Waals surface area (Å²) >= 11 is 0. The van der Waals surface area contributed by atoms with E-state index >= 15 is 0 Å². The Kier molecular flexibility index (Phi) is 4.88. The van der Waals surface area contributed by atoms with E-state index in [2.05, 4.69) is 6.92 Å². The molecule has 1 saturated heterocycles. The van der Waals surface area contributed by atoms with Crippen LogP contribution in [0.2, 0.25) is 0 Å². The van der Waals surface area contributed by atoms with Crippen LogP contribution in [-0.2, 0) is 16.6 Å². The molecule has 1 aromatic heterocycles. The number of hydrogen-bond acceptors (Lipinski definition) is 4. The van der Waals surface area contributed by atoms with Gasteiger partial charge in [-0.05, 0) is 32.1 Å². The van der Waals surface area contributed by atoms with Crippen LogP contribution in [0, 0.1) is 12.8 Å². The zero-order chi connectivity index (χ0) is 14.8. The maximum absolute atomic E-state index is 12.7. The number of nitrogens with zero attached hydrogens (tertiary/aromatic N) is 1. The Hall–Kier alpha value is -0.850. The third kappa shape index (κ3) is 3.07. The lowest BCUT2D eigenvalue weighted by atomic mass is 9.98. The van der Waals surface area contributed by atoms with E-state index in [0.29, 0.717) is 30.5 Å². The second-order valence-corrected chi connectivity index (χ2v) is 7.31. The van der Waals surface area contributed by atoms with Gasteiger partial charge in [0.05, 0.1) is 0 Å². The molecule has 2 heterocycles. The van der Waals surface area contributed by atoms with Gasteiger partial charge in [0.2, 0.25) is 10.0 Å². The Bertz CT molecular complexity index is 550. The maximum Gasteiger partial charge on any atom is 0.246 e. The molecule has 0 aromatic carbocycles. The fourth-order valence-corrected chi connectivity index (χ4v) is 4.46. The highest BCUT2D eigenvalue weighted by Gasteiger charge is 2.30. The van der Waals surface area contributed by atoms with Crippen LogP contribution in [0.1, 0.15) is 44.1 Å². The molecule has 0 saturated carbocycles. The summed E-state index contributed by atoms with van der Waals surface area (Å²) in [4.78, 5) is 0.191. The van der Waals surface area contributed by atoms with Crippen molar-refractivity contribution in [3.63, 3.8) is 0 Å². The van der Waals surface area contributed by atoms with Gasteiger partial charge in [0, 0.05) is 19.2 Å². The number of furan rings is 1. The molecular weight excluding hydrogens is 278 g/mol. The Morgan fingerprint density at radius 1 is 1.40 bits per heavy atom. The molecule has 2 rings (SSSR count). The van der Waals surface area contributed by atoms with E-state index < -0.39 is 10.0 Å². The quantitative estimate of drug-likeness (QED) is 0.926. The molecule has 0 aliphatic carbocycles. The van der Waals surface area contributed by atoms with E-state index in [1.165, 1.54) is 6.07 Å². The minimum atomic E-state index is -3.51. The zero-order valence-electron chi connectivity index (χ0n) is 12.1. The van der Waals surface area contributed by atoms with E-state index in [1.807, 2.05) is 0 Å². The molecule has 6 heteroatoms. The monoisotopic (exact) mass is 301 g/mol. The number of hydrogen-bond donors (Lipinski definition) is 1. The lowest BCUT2D eigenvalue weighted by Gasteiger charge is -2.19. The fraction of sp³-hybridized carbons (Fsp3) is 0.714. The van der Waals surface area contributed by atoms with Gasteiger partial charge < -0.3 is 9.52 Å². The molecule has 1 fully saturated rings. The predicted molar refractivity (Wildman–Crippen MR) is 75.8 cm³/mol. The topological polar surface area (TPSA) is 70.8 Å². The van der Waals surface area contributed by atoms with E-state index in [0.717, 1.165) is 25.7 Å². The maximum atomic E-state index is 12.7. The van der Waals surface area contributed by atoms with E-state index in [9.17, 15) is 8.42 Å². The molecular formula is C14H23NO4S. The van der Waals surface area contributed by atoms with Crippen molar-refractivity contribution in [2.45, 2.75) is 51.0 Å². The average molecular weight is 301 g/mol. The SMILES string of the molecule is CCC1CCCN(S(=O)(=O)c2cc(CO)oc2C)CC1. The van der Waals surface area contributed by atoms with Crippen molar-refractivity contribution in [1.82, 2.24) is 4.31 Å². The summed E-state index contributed by atoms with van der Waals surface area (Å²) in [6.45, 7) is 4.63. The van der Waals surface area contributed by atoms with Gasteiger partial charge in [0.15, 0.2) is 0 Å². The molecule has 114 valence electrons. The third-order valence-electron chi connectivity index (χ3n) is 4.08. The number of aliphatic hydroxyl groups excluding tert-OH is 1. The Morgan fingerprint density at radius 2 is 2.15 bits per heavy atom. The van der Waals surface area contributed by atoms with Crippen molar-refractivity contribution < 1.29 is 17.9 Å². The van der Waals surface area contributed by atoms with Crippen molar-refractivity contribution >= 4 is 10.0 Å². The largest absolute Gasteiger partial charge is 0.462 e. The summed E-state index contributed by atoms with van der Waals surface area (Å²) < 4.78 is 32.2. The Labute approximate surface area is 120 Å². The van der Waals surface area contributed by atoms with E-state index in [4.69, 9.17) is 9.52 Å². The lowest BCUT2D eigenvalue weighted by Crippen LogP contribution is -2.32. The van der Waals surface area contributed by atoms with Crippen molar-refractivity contribution in [1.29, 1.82) is 0 Å². The predicted octanol–water partition coefficient (Wildman–Crippen LogP) is 2.28. The Balaban J connectivity index is 2.23. The molecule has 0 spiro atoms. The highest BCUT2D eigenvalue weighted by molar-refractivity contribution is 7.89. The summed E-state index contributed by atoms with van der Waals surface area (Å²) in [5.74, 6) is 1.27. The standard InChI is InChI=1S/C14H23NO4S/c1-3-12-5-4-7-15(8-6-12)20(17,18)14-9-13(10-16)19-11(14)2/h9,12,16H,3-8,10H2,1-2H3. The lowest BCUT2D eigenvalue weighted by molar-refractivity contribution is 0.244. The fourth-order valence-electron chi connectivity index (χ4n) is 2.78. The second kappa shape index (κ2) is 6.28. The molecule has 1 aromatic rings. The van der Waals surface area contributed by atoms with Gasteiger partial charge in [0.1, 0.15) is 23.0 Å². The van der Waals surface area contributed by atoms with Crippen LogP contribution in [0.5, 0.6) is 0 Å². The van der Waals surface area contributed by atoms with Gasteiger partial charge in [-0.2, -0.15) is 4.31 Å². The van der Waals surface area contributed by atoms with Crippen LogP contribution >= 0.6 is 0 Å². The molecule has 0 amide bonds. The van der Waals surface area contributed by atoms with Gasteiger partial charge in [0.25, 0.3) is 0 Å². The summed E-state index contributed by atoms with van der Waals surface area (Å²) in [5.41, 5.74) is 0. The van der Waals surface area contributed by atoms with Gasteiger partial charge in [-0.15, -0.1) is 0 Å². The van der Waals surface area contributed by atoms with Gasteiger partial charge in [-0.1, -0.05) is 13.3 Å². The van der Waals surface area contributed by atoms with Crippen LogP contribution in [0.15, 0.2) is 15.4 Å². The first kappa shape index (κ1) is 15.5. The van der Waals surface area contributed by atoms with Crippen molar-refractivity contribution in [3.8, 4) is 0 Å². The molecule has 1 aliphatic heterocycles. The Morgan fingerprint density at radius 3 is 2.75 bits per heavy atom. The van der Waals surface area contributed by atoms with Crippen molar-refractivity contribution in [2.24, 2.45) is 5.92 Å². The smallest absolute Gasteiger partial charge is 0.246 e. The minimum Gasteiger partial charge on any atom is -0.462 e. The van der Waals surface area contributed by atoms with Crippen LogP contribution in [0.3, 0.4) is 0 Å². The summed E-state index contributed by atoms with van der Waals surface area (Å²) in [5, 5.41) is 9.06. The first-order valence-electron chi connectivity index (χ1n) is 7.19. The van der Waals surface area contributed by atoms with Gasteiger partial charge >= 0.3 is 0 Å². The number of rotatable bonds is 4. The highest BCUT2D eigenvalue weighted by atomic mass is 32.2. The van der Waals surface area contributed by atoms with Crippen LogP contribution in [0.4, 0.5) is 0 Å². The first-order valence-corrected chi connectivity index (χ1v) is 8.63. The molecule has 1 aliphatic rings. The van der Waals surface area contributed by atoms with Crippen LogP contribution in [-0.4, -0.2) is 30.9 Å². The van der Waals surface area contributed by atoms with Crippen molar-refractivity contribution in [3.05, 3.63) is 17.6 Å². The van der Waals surface area contributed by atoms with Gasteiger partial charge in [-0.25, -0.2) is 8.42 Å². The number of aryl methyl sites for hydroxylation is 1.